The first kappa shape index (κ1) is 15.8. The van der Waals surface area contributed by atoms with E-state index in [1.807, 2.05) is 0 Å². The number of aryl methyl sites for hydroxylation is 1. The van der Waals surface area contributed by atoms with Crippen LogP contribution in [0.3, 0.4) is 0 Å². The third-order valence-corrected chi connectivity index (χ3v) is 3.52. The summed E-state index contributed by atoms with van der Waals surface area (Å²) in [4.78, 5) is 4.23. The number of rotatable bonds is 1. The van der Waals surface area contributed by atoms with Gasteiger partial charge in [-0.05, 0) is 42.8 Å². The molecule has 0 atom stereocenters. The van der Waals surface area contributed by atoms with Crippen molar-refractivity contribution in [3.63, 3.8) is 0 Å². The molecule has 0 aliphatic carbocycles. The molecule has 4 heteroatoms. The highest BCUT2D eigenvalue weighted by Crippen LogP contribution is 2.20. The van der Waals surface area contributed by atoms with Crippen molar-refractivity contribution in [2.24, 2.45) is 0 Å². The maximum Gasteiger partial charge on any atom is 0.174 e. The maximum atomic E-state index is 13.6. The van der Waals surface area contributed by atoms with Crippen LogP contribution in [0.25, 0.3) is 11.3 Å². The molecule has 1 heterocycles. The Labute approximate surface area is 137 Å². The van der Waals surface area contributed by atoms with Gasteiger partial charge in [0.1, 0.15) is 5.82 Å². The van der Waals surface area contributed by atoms with E-state index in [-0.39, 0.29) is 11.4 Å². The summed E-state index contributed by atoms with van der Waals surface area (Å²) in [6.07, 6.45) is 1.51. The van der Waals surface area contributed by atoms with Crippen LogP contribution in [0.5, 0.6) is 0 Å². The van der Waals surface area contributed by atoms with Gasteiger partial charge in [-0.1, -0.05) is 30.0 Å². The van der Waals surface area contributed by atoms with Gasteiger partial charge in [0.2, 0.25) is 0 Å². The van der Waals surface area contributed by atoms with Crippen LogP contribution in [0.1, 0.15) is 16.7 Å². The summed E-state index contributed by atoms with van der Waals surface area (Å²) in [6.45, 7) is 1.69. The first-order valence-corrected chi connectivity index (χ1v) is 7.23. The SMILES string of the molecule is Cc1ccc(-c2ccc(C#Cc3cccc(F)c3F)cn2)cc1F. The van der Waals surface area contributed by atoms with Crippen molar-refractivity contribution in [1.82, 2.24) is 4.98 Å². The minimum absolute atomic E-state index is 0.0142. The average molecular weight is 323 g/mol. The molecule has 0 bridgehead atoms. The molecule has 0 radical (unpaired) electrons. The van der Waals surface area contributed by atoms with Crippen molar-refractivity contribution >= 4 is 0 Å². The second-order valence-electron chi connectivity index (χ2n) is 5.25. The van der Waals surface area contributed by atoms with E-state index in [0.717, 1.165) is 6.07 Å². The van der Waals surface area contributed by atoms with Crippen molar-refractivity contribution in [2.75, 3.05) is 0 Å². The lowest BCUT2D eigenvalue weighted by atomic mass is 10.1. The summed E-state index contributed by atoms with van der Waals surface area (Å²) < 4.78 is 40.3. The van der Waals surface area contributed by atoms with Crippen LogP contribution in [-0.4, -0.2) is 4.98 Å². The number of hydrogen-bond acceptors (Lipinski definition) is 1. The summed E-state index contributed by atoms with van der Waals surface area (Å²) >= 11 is 0. The normalized spacial score (nSPS) is 10.2. The third-order valence-electron chi connectivity index (χ3n) is 3.52. The largest absolute Gasteiger partial charge is 0.255 e. The van der Waals surface area contributed by atoms with Crippen LogP contribution in [-0.2, 0) is 0 Å². The molecule has 0 amide bonds. The van der Waals surface area contributed by atoms with E-state index >= 15 is 0 Å². The Morgan fingerprint density at radius 3 is 2.42 bits per heavy atom. The molecule has 0 saturated carbocycles. The monoisotopic (exact) mass is 323 g/mol. The van der Waals surface area contributed by atoms with Gasteiger partial charge in [0, 0.05) is 17.3 Å². The maximum absolute atomic E-state index is 13.6. The first-order valence-electron chi connectivity index (χ1n) is 7.23. The molecule has 0 spiro atoms. The lowest BCUT2D eigenvalue weighted by molar-refractivity contribution is 0.506. The fraction of sp³-hybridized carbons (Fsp3) is 0.0500. The van der Waals surface area contributed by atoms with Crippen LogP contribution in [0, 0.1) is 36.2 Å². The molecule has 0 aliphatic heterocycles. The molecule has 0 N–H and O–H groups in total. The molecule has 118 valence electrons. The zero-order valence-electron chi connectivity index (χ0n) is 12.8. The summed E-state index contributed by atoms with van der Waals surface area (Å²) in [5.41, 5.74) is 2.37. The lowest BCUT2D eigenvalue weighted by Crippen LogP contribution is -1.89. The predicted octanol–water partition coefficient (Wildman–Crippen LogP) is 4.87. The molecular formula is C20H12F3N. The fourth-order valence-electron chi connectivity index (χ4n) is 2.13. The van der Waals surface area contributed by atoms with Crippen molar-refractivity contribution in [3.05, 3.63) is 88.9 Å². The van der Waals surface area contributed by atoms with E-state index in [1.165, 1.54) is 24.4 Å². The zero-order valence-corrected chi connectivity index (χ0v) is 12.8. The Hall–Kier alpha value is -3.06. The molecule has 2 aromatic carbocycles. The van der Waals surface area contributed by atoms with Crippen molar-refractivity contribution < 1.29 is 13.2 Å². The number of hydrogen-bond donors (Lipinski definition) is 0. The van der Waals surface area contributed by atoms with Gasteiger partial charge < -0.3 is 0 Å². The summed E-state index contributed by atoms with van der Waals surface area (Å²) in [5.74, 6) is 3.12. The van der Waals surface area contributed by atoms with E-state index in [1.54, 1.807) is 31.2 Å². The van der Waals surface area contributed by atoms with Gasteiger partial charge in [-0.15, -0.1) is 0 Å². The average Bonchev–Trinajstić information content (AvgIpc) is 2.59. The van der Waals surface area contributed by atoms with Crippen LogP contribution < -0.4 is 0 Å². The van der Waals surface area contributed by atoms with Gasteiger partial charge in [-0.25, -0.2) is 13.2 Å². The number of benzene rings is 2. The quantitative estimate of drug-likeness (QED) is 0.582. The van der Waals surface area contributed by atoms with Gasteiger partial charge in [-0.3, -0.25) is 4.98 Å². The smallest absolute Gasteiger partial charge is 0.174 e. The second-order valence-corrected chi connectivity index (χ2v) is 5.25. The van der Waals surface area contributed by atoms with Gasteiger partial charge in [0.15, 0.2) is 11.6 Å². The molecule has 3 aromatic rings. The minimum atomic E-state index is -0.968. The molecular weight excluding hydrogens is 311 g/mol. The Kier molecular flexibility index (Phi) is 4.35. The molecule has 1 aromatic heterocycles. The highest BCUT2D eigenvalue weighted by molar-refractivity contribution is 5.60. The number of aromatic nitrogens is 1. The van der Waals surface area contributed by atoms with Crippen LogP contribution in [0.2, 0.25) is 0 Å². The van der Waals surface area contributed by atoms with Crippen molar-refractivity contribution in [2.45, 2.75) is 6.92 Å². The number of pyridine rings is 1. The van der Waals surface area contributed by atoms with Gasteiger partial charge in [0.25, 0.3) is 0 Å². The van der Waals surface area contributed by atoms with Crippen LogP contribution >= 0.6 is 0 Å². The van der Waals surface area contributed by atoms with Crippen molar-refractivity contribution in [3.8, 4) is 23.1 Å². The van der Waals surface area contributed by atoms with E-state index in [9.17, 15) is 13.2 Å². The topological polar surface area (TPSA) is 12.9 Å². The fourth-order valence-corrected chi connectivity index (χ4v) is 2.13. The molecule has 0 aliphatic rings. The Morgan fingerprint density at radius 2 is 1.71 bits per heavy atom. The summed E-state index contributed by atoms with van der Waals surface area (Å²) in [6, 6.07) is 12.1. The standard InChI is InChI=1S/C20H12F3N/c1-13-5-8-16(11-18(13)22)19-10-7-14(12-24-19)6-9-15-3-2-4-17(21)20(15)23/h2-5,7-8,10-12H,1H3. The van der Waals surface area contributed by atoms with Gasteiger partial charge >= 0.3 is 0 Å². The van der Waals surface area contributed by atoms with E-state index in [0.29, 0.717) is 22.4 Å². The predicted molar refractivity (Wildman–Crippen MR) is 86.7 cm³/mol. The Balaban J connectivity index is 1.86. The van der Waals surface area contributed by atoms with Crippen LogP contribution in [0.15, 0.2) is 54.7 Å². The first-order chi connectivity index (χ1) is 11.5. The number of halogens is 3. The van der Waals surface area contributed by atoms with E-state index < -0.39 is 11.6 Å². The second kappa shape index (κ2) is 6.59. The Morgan fingerprint density at radius 1 is 0.875 bits per heavy atom. The van der Waals surface area contributed by atoms with Gasteiger partial charge in [-0.2, -0.15) is 0 Å². The molecule has 0 saturated heterocycles. The number of nitrogens with zero attached hydrogens (tertiary/aromatic N) is 1. The van der Waals surface area contributed by atoms with Crippen molar-refractivity contribution in [1.29, 1.82) is 0 Å². The summed E-state index contributed by atoms with van der Waals surface area (Å²) in [7, 11) is 0. The van der Waals surface area contributed by atoms with E-state index in [4.69, 9.17) is 0 Å². The van der Waals surface area contributed by atoms with Crippen LogP contribution in [0.4, 0.5) is 13.2 Å². The molecule has 24 heavy (non-hydrogen) atoms. The minimum Gasteiger partial charge on any atom is -0.255 e. The van der Waals surface area contributed by atoms with Gasteiger partial charge in [0.05, 0.1) is 11.3 Å². The Bertz CT molecular complexity index is 951. The highest BCUT2D eigenvalue weighted by Gasteiger charge is 2.05. The third kappa shape index (κ3) is 3.31. The zero-order chi connectivity index (χ0) is 17.1. The lowest BCUT2D eigenvalue weighted by Gasteiger charge is -2.03. The molecule has 0 fully saturated rings. The summed E-state index contributed by atoms with van der Waals surface area (Å²) in [5, 5.41) is 0. The van der Waals surface area contributed by atoms with E-state index in [2.05, 4.69) is 16.8 Å². The molecule has 0 unspecified atom stereocenters. The molecule has 1 nitrogen and oxygen atoms in total. The molecule has 3 rings (SSSR count). The highest BCUT2D eigenvalue weighted by atomic mass is 19.2.